The first-order valence-electron chi connectivity index (χ1n) is 6.72. The first-order chi connectivity index (χ1) is 10.2. The molecular weight excluding hydrogens is 327 g/mol. The molecule has 2 aromatic rings. The van der Waals surface area contributed by atoms with E-state index in [0.29, 0.717) is 21.6 Å². The van der Waals surface area contributed by atoms with Crippen molar-refractivity contribution in [1.29, 1.82) is 0 Å². The molecule has 4 nitrogen and oxygen atoms in total. The van der Waals surface area contributed by atoms with Crippen molar-refractivity contribution in [2.24, 2.45) is 0 Å². The summed E-state index contributed by atoms with van der Waals surface area (Å²) in [6.07, 6.45) is 2.61. The lowest BCUT2D eigenvalue weighted by molar-refractivity contribution is 0.953. The number of anilines is 1. The molecule has 0 atom stereocenters. The molecule has 0 aromatic carbocycles. The number of halogens is 2. The summed E-state index contributed by atoms with van der Waals surface area (Å²) in [6, 6.07) is 1.66. The topological polar surface area (TPSA) is 50.7 Å². The van der Waals surface area contributed by atoms with Gasteiger partial charge in [-0.3, -0.25) is 0 Å². The predicted molar refractivity (Wildman–Crippen MR) is 89.1 cm³/mol. The van der Waals surface area contributed by atoms with Gasteiger partial charge >= 0.3 is 0 Å². The quantitative estimate of drug-likeness (QED) is 0.892. The fourth-order valence-electron chi connectivity index (χ4n) is 2.13. The lowest BCUT2D eigenvalue weighted by atomic mass is 10.2. The number of thioether (sulfide) groups is 1. The molecule has 0 fully saturated rings. The number of nitrogens with zero attached hydrogens (tertiary/aromatic N) is 3. The minimum Gasteiger partial charge on any atom is -0.370 e. The maximum Gasteiger partial charge on any atom is 0.182 e. The third-order valence-corrected chi connectivity index (χ3v) is 4.61. The Morgan fingerprint density at radius 2 is 2.14 bits per heavy atom. The Bertz CT molecular complexity index is 678. The minimum absolute atomic E-state index is 0.467. The summed E-state index contributed by atoms with van der Waals surface area (Å²) in [4.78, 5) is 13.5. The van der Waals surface area contributed by atoms with E-state index in [1.54, 1.807) is 12.3 Å². The first kappa shape index (κ1) is 14.9. The smallest absolute Gasteiger partial charge is 0.182 e. The molecule has 1 N–H and O–H groups in total. The van der Waals surface area contributed by atoms with Crippen LogP contribution in [0.3, 0.4) is 0 Å². The van der Waals surface area contributed by atoms with Crippen LogP contribution < -0.4 is 5.32 Å². The Hall–Kier alpha value is -1.04. The number of aromatic nitrogens is 3. The van der Waals surface area contributed by atoms with E-state index in [2.05, 4.69) is 27.2 Å². The molecule has 2 aromatic heterocycles. The number of hydrogen-bond acceptors (Lipinski definition) is 5. The molecule has 0 saturated carbocycles. The molecule has 1 aliphatic heterocycles. The fraction of sp³-hybridized carbons (Fsp3) is 0.357. The van der Waals surface area contributed by atoms with Gasteiger partial charge in [0.25, 0.3) is 0 Å². The lowest BCUT2D eigenvalue weighted by Gasteiger charge is -2.11. The van der Waals surface area contributed by atoms with E-state index in [1.165, 1.54) is 5.56 Å². The zero-order chi connectivity index (χ0) is 14.8. The van der Waals surface area contributed by atoms with Crippen LogP contribution in [0, 0.1) is 0 Å². The second-order valence-corrected chi connectivity index (χ2v) is 6.55. The van der Waals surface area contributed by atoms with Gasteiger partial charge in [-0.1, -0.05) is 30.1 Å². The monoisotopic (exact) mass is 340 g/mol. The van der Waals surface area contributed by atoms with E-state index in [-0.39, 0.29) is 0 Å². The zero-order valence-corrected chi connectivity index (χ0v) is 13.8. The van der Waals surface area contributed by atoms with Crippen LogP contribution in [-0.2, 0) is 11.5 Å². The molecule has 0 unspecified atom stereocenters. The molecule has 0 bridgehead atoms. The minimum atomic E-state index is 0.467. The Labute approximate surface area is 137 Å². The van der Waals surface area contributed by atoms with Gasteiger partial charge in [-0.15, -0.1) is 0 Å². The molecule has 3 rings (SSSR count). The summed E-state index contributed by atoms with van der Waals surface area (Å²) in [5.74, 6) is 3.30. The highest BCUT2D eigenvalue weighted by Crippen LogP contribution is 2.35. The average molecular weight is 341 g/mol. The second kappa shape index (κ2) is 6.38. The van der Waals surface area contributed by atoms with Crippen molar-refractivity contribution >= 4 is 40.8 Å². The lowest BCUT2D eigenvalue weighted by Crippen LogP contribution is -2.08. The summed E-state index contributed by atoms with van der Waals surface area (Å²) >= 11 is 14.0. The maximum absolute atomic E-state index is 6.22. The number of pyridine rings is 1. The van der Waals surface area contributed by atoms with Crippen LogP contribution in [0.25, 0.3) is 11.5 Å². The van der Waals surface area contributed by atoms with Crippen molar-refractivity contribution in [2.75, 3.05) is 11.9 Å². The average Bonchev–Trinajstić information content (AvgIpc) is 2.93. The third-order valence-electron chi connectivity index (χ3n) is 3.14. The molecule has 1 aliphatic rings. The van der Waals surface area contributed by atoms with E-state index in [4.69, 9.17) is 23.2 Å². The summed E-state index contributed by atoms with van der Waals surface area (Å²) in [5.41, 5.74) is 2.83. The normalized spacial score (nSPS) is 13.3. The highest BCUT2D eigenvalue weighted by Gasteiger charge is 2.21. The summed E-state index contributed by atoms with van der Waals surface area (Å²) in [7, 11) is 0. The molecule has 110 valence electrons. The van der Waals surface area contributed by atoms with Crippen LogP contribution in [-0.4, -0.2) is 21.5 Å². The van der Waals surface area contributed by atoms with Gasteiger partial charge in [0.2, 0.25) is 0 Å². The van der Waals surface area contributed by atoms with E-state index in [0.717, 1.165) is 36.0 Å². The number of rotatable bonds is 4. The van der Waals surface area contributed by atoms with E-state index in [1.807, 2.05) is 11.8 Å². The first-order valence-corrected chi connectivity index (χ1v) is 8.63. The van der Waals surface area contributed by atoms with Crippen LogP contribution >= 0.6 is 35.0 Å². The largest absolute Gasteiger partial charge is 0.370 e. The van der Waals surface area contributed by atoms with Gasteiger partial charge in [-0.25, -0.2) is 15.0 Å². The molecular formula is C14H14Cl2N4S. The summed E-state index contributed by atoms with van der Waals surface area (Å²) in [6.45, 7) is 3.01. The van der Waals surface area contributed by atoms with Crippen LogP contribution in [0.15, 0.2) is 12.3 Å². The molecule has 0 radical (unpaired) electrons. The van der Waals surface area contributed by atoms with E-state index >= 15 is 0 Å². The number of hydrogen-bond donors (Lipinski definition) is 1. The van der Waals surface area contributed by atoms with Crippen molar-refractivity contribution in [3.63, 3.8) is 0 Å². The molecule has 0 saturated heterocycles. The fourth-order valence-corrected chi connectivity index (χ4v) is 3.63. The maximum atomic E-state index is 6.22. The van der Waals surface area contributed by atoms with Gasteiger partial charge in [0.15, 0.2) is 5.82 Å². The molecule has 3 heterocycles. The van der Waals surface area contributed by atoms with Crippen LogP contribution in [0.5, 0.6) is 0 Å². The van der Waals surface area contributed by atoms with Crippen molar-refractivity contribution < 1.29 is 0 Å². The Morgan fingerprint density at radius 1 is 1.29 bits per heavy atom. The van der Waals surface area contributed by atoms with Crippen LogP contribution in [0.4, 0.5) is 5.82 Å². The third kappa shape index (κ3) is 3.10. The standard InChI is InChI=1S/C14H14Cl2N4S/c1-2-3-17-13-9-6-21-7-11(9)19-14(20-13)12-10(16)4-8(15)5-18-12/h4-5H,2-3,6-7H2,1H3,(H,17,19,20). The van der Waals surface area contributed by atoms with Gasteiger partial charge in [-0.2, -0.15) is 11.8 Å². The van der Waals surface area contributed by atoms with Gasteiger partial charge < -0.3 is 5.32 Å². The molecule has 21 heavy (non-hydrogen) atoms. The van der Waals surface area contributed by atoms with Gasteiger partial charge in [0.05, 0.1) is 15.7 Å². The SMILES string of the molecule is CCCNc1nc(-c2ncc(Cl)cc2Cl)nc2c1CSC2. The van der Waals surface area contributed by atoms with Crippen molar-refractivity contribution in [2.45, 2.75) is 24.9 Å². The predicted octanol–water partition coefficient (Wildman–Crippen LogP) is 4.41. The highest BCUT2D eigenvalue weighted by molar-refractivity contribution is 7.98. The van der Waals surface area contributed by atoms with Gasteiger partial charge in [0.1, 0.15) is 11.5 Å². The Balaban J connectivity index is 2.06. The van der Waals surface area contributed by atoms with E-state index in [9.17, 15) is 0 Å². The number of fused-ring (bicyclic) bond motifs is 1. The summed E-state index contributed by atoms with van der Waals surface area (Å²) in [5, 5.41) is 4.35. The molecule has 0 aliphatic carbocycles. The van der Waals surface area contributed by atoms with Crippen molar-refractivity contribution in [3.8, 4) is 11.5 Å². The molecule has 0 amide bonds. The van der Waals surface area contributed by atoms with Gasteiger partial charge in [0, 0.05) is 29.8 Å². The van der Waals surface area contributed by atoms with E-state index < -0.39 is 0 Å². The second-order valence-electron chi connectivity index (χ2n) is 4.72. The Morgan fingerprint density at radius 3 is 2.90 bits per heavy atom. The van der Waals surface area contributed by atoms with Gasteiger partial charge in [-0.05, 0) is 12.5 Å². The van der Waals surface area contributed by atoms with Crippen molar-refractivity contribution in [3.05, 3.63) is 33.6 Å². The number of nitrogens with one attached hydrogen (secondary N) is 1. The van der Waals surface area contributed by atoms with Crippen LogP contribution in [0.1, 0.15) is 24.6 Å². The van der Waals surface area contributed by atoms with Crippen molar-refractivity contribution in [1.82, 2.24) is 15.0 Å². The highest BCUT2D eigenvalue weighted by atomic mass is 35.5. The Kier molecular flexibility index (Phi) is 4.52. The van der Waals surface area contributed by atoms with Crippen LogP contribution in [0.2, 0.25) is 10.0 Å². The molecule has 7 heteroatoms. The summed E-state index contributed by atoms with van der Waals surface area (Å²) < 4.78 is 0. The zero-order valence-electron chi connectivity index (χ0n) is 11.5. The molecule has 0 spiro atoms.